The number of nitrogens with zero attached hydrogens (tertiary/aromatic N) is 3. The summed E-state index contributed by atoms with van der Waals surface area (Å²) >= 11 is 1.26. The fraction of sp³-hybridized carbons (Fsp3) is 0.129. The van der Waals surface area contributed by atoms with E-state index in [0.29, 0.717) is 39.3 Å². The molecule has 1 aromatic heterocycles. The molecular weight excluding hydrogens is 587 g/mol. The van der Waals surface area contributed by atoms with Crippen LogP contribution in [-0.4, -0.2) is 49.2 Å². The molecule has 1 aliphatic rings. The molecule has 0 saturated heterocycles. The van der Waals surface area contributed by atoms with Crippen LogP contribution < -0.4 is 20.5 Å². The van der Waals surface area contributed by atoms with E-state index >= 15 is 0 Å². The van der Waals surface area contributed by atoms with E-state index in [1.165, 1.54) is 22.5 Å². The quantitative estimate of drug-likeness (QED) is 0.279. The highest BCUT2D eigenvalue weighted by molar-refractivity contribution is 7.89. The molecule has 218 valence electrons. The van der Waals surface area contributed by atoms with Gasteiger partial charge in [0.15, 0.2) is 0 Å². The highest BCUT2D eigenvalue weighted by Gasteiger charge is 2.28. The predicted molar refractivity (Wildman–Crippen MR) is 166 cm³/mol. The van der Waals surface area contributed by atoms with Crippen LogP contribution in [0.4, 0.5) is 11.5 Å². The number of carbonyl (C=O) groups excluding carboxylic acids is 2. The minimum absolute atomic E-state index is 0.00747. The van der Waals surface area contributed by atoms with E-state index in [1.54, 1.807) is 53.4 Å². The number of fused-ring (bicyclic) bond motifs is 2. The average Bonchev–Trinajstić information content (AvgIpc) is 3.39. The van der Waals surface area contributed by atoms with Crippen molar-refractivity contribution in [3.63, 3.8) is 0 Å². The molecule has 4 aromatic carbocycles. The summed E-state index contributed by atoms with van der Waals surface area (Å²) in [5, 5.41) is 6.14. The molecule has 4 N–H and O–H groups in total. The van der Waals surface area contributed by atoms with Gasteiger partial charge in [-0.3, -0.25) is 9.59 Å². The van der Waals surface area contributed by atoms with Gasteiger partial charge >= 0.3 is 0 Å². The van der Waals surface area contributed by atoms with Crippen molar-refractivity contribution in [2.24, 2.45) is 5.14 Å². The molecule has 1 aliphatic heterocycles. The zero-order valence-corrected chi connectivity index (χ0v) is 24.5. The van der Waals surface area contributed by atoms with Crippen LogP contribution in [0.25, 0.3) is 21.2 Å². The number of hydrogen-bond donors (Lipinski definition) is 2. The molecule has 0 saturated carbocycles. The lowest BCUT2D eigenvalue weighted by atomic mass is 10.0. The number of anilines is 2. The van der Waals surface area contributed by atoms with Crippen molar-refractivity contribution in [2.45, 2.75) is 11.4 Å². The molecule has 0 fully saturated rings. The fourth-order valence-corrected chi connectivity index (χ4v) is 6.57. The van der Waals surface area contributed by atoms with Crippen LogP contribution >= 0.6 is 11.5 Å². The maximum absolute atomic E-state index is 13.8. The Bertz CT molecular complexity index is 1960. The Labute approximate surface area is 252 Å². The lowest BCUT2D eigenvalue weighted by Crippen LogP contribution is -2.45. The first kappa shape index (κ1) is 28.3. The number of ether oxygens (including phenoxy) is 1. The minimum Gasteiger partial charge on any atom is -0.490 e. The molecule has 0 bridgehead atoms. The van der Waals surface area contributed by atoms with Gasteiger partial charge in [-0.05, 0) is 59.1 Å². The molecule has 0 spiro atoms. The molecule has 12 heteroatoms. The van der Waals surface area contributed by atoms with Crippen LogP contribution in [0.5, 0.6) is 5.75 Å². The number of carbonyl (C=O) groups is 2. The summed E-state index contributed by atoms with van der Waals surface area (Å²) in [5.74, 6) is 0.182. The Morgan fingerprint density at radius 2 is 1.74 bits per heavy atom. The van der Waals surface area contributed by atoms with Crippen molar-refractivity contribution >= 4 is 55.0 Å². The molecular formula is C31H27N5O5S2. The zero-order valence-electron chi connectivity index (χ0n) is 22.8. The van der Waals surface area contributed by atoms with Gasteiger partial charge in [-0.25, -0.2) is 13.6 Å². The van der Waals surface area contributed by atoms with Crippen molar-refractivity contribution < 1.29 is 22.7 Å². The maximum atomic E-state index is 13.8. The van der Waals surface area contributed by atoms with E-state index in [-0.39, 0.29) is 43.0 Å². The number of rotatable bonds is 7. The van der Waals surface area contributed by atoms with Gasteiger partial charge in [0.05, 0.1) is 21.8 Å². The number of aromatic nitrogens is 1. The van der Waals surface area contributed by atoms with E-state index in [1.807, 2.05) is 36.4 Å². The van der Waals surface area contributed by atoms with E-state index in [4.69, 9.17) is 15.6 Å². The fourth-order valence-electron chi connectivity index (χ4n) is 5.12. The van der Waals surface area contributed by atoms with Gasteiger partial charge < -0.3 is 20.3 Å². The smallest absolute Gasteiger partial charge is 0.254 e. The summed E-state index contributed by atoms with van der Waals surface area (Å²) in [4.78, 5) is 30.7. The summed E-state index contributed by atoms with van der Waals surface area (Å²) in [6, 6.07) is 26.3. The summed E-state index contributed by atoms with van der Waals surface area (Å²) in [5.41, 5.74) is 8.83. The number of amides is 2. The van der Waals surface area contributed by atoms with Crippen molar-refractivity contribution in [3.8, 4) is 16.9 Å². The molecule has 0 unspecified atom stereocenters. The van der Waals surface area contributed by atoms with E-state index in [2.05, 4.69) is 4.37 Å². The number of hydrogen-bond acceptors (Lipinski definition) is 8. The van der Waals surface area contributed by atoms with Crippen LogP contribution in [0.2, 0.25) is 0 Å². The Balaban J connectivity index is 1.30. The number of primary sulfonamides is 1. The molecule has 0 aliphatic carbocycles. The van der Waals surface area contributed by atoms with E-state index < -0.39 is 10.0 Å². The topological polar surface area (TPSA) is 149 Å². The Morgan fingerprint density at radius 3 is 2.53 bits per heavy atom. The van der Waals surface area contributed by atoms with Crippen LogP contribution in [0.15, 0.2) is 95.9 Å². The predicted octanol–water partition coefficient (Wildman–Crippen LogP) is 4.26. The summed E-state index contributed by atoms with van der Waals surface area (Å²) < 4.78 is 35.3. The number of benzene rings is 4. The van der Waals surface area contributed by atoms with Gasteiger partial charge in [-0.15, -0.1) is 0 Å². The lowest BCUT2D eigenvalue weighted by Gasteiger charge is -2.32. The summed E-state index contributed by atoms with van der Waals surface area (Å²) in [7, 11) is -3.96. The second-order valence-corrected chi connectivity index (χ2v) is 12.4. The standard InChI is InChI=1S/C31H27N5O5S2/c32-30-24-16-22(11-13-27(24)42-34-30)31(38)35(18-20-6-2-1-3-7-20)19-29(37)36-14-15-41-26-17-21(10-12-25(26)36)23-8-4-5-9-28(23)43(33,39)40/h1-13,16-17H,14-15,18-19H2,(H2,32,34)(H2,33,39,40). The summed E-state index contributed by atoms with van der Waals surface area (Å²) in [6.07, 6.45) is 0. The van der Waals surface area contributed by atoms with Gasteiger partial charge in [0.25, 0.3) is 5.91 Å². The first-order valence-electron chi connectivity index (χ1n) is 13.4. The largest absolute Gasteiger partial charge is 0.490 e. The van der Waals surface area contributed by atoms with Gasteiger partial charge in [0, 0.05) is 23.1 Å². The molecule has 43 heavy (non-hydrogen) atoms. The Morgan fingerprint density at radius 1 is 0.977 bits per heavy atom. The van der Waals surface area contributed by atoms with E-state index in [9.17, 15) is 18.0 Å². The van der Waals surface area contributed by atoms with Gasteiger partial charge in [0.2, 0.25) is 15.9 Å². The van der Waals surface area contributed by atoms with Crippen molar-refractivity contribution in [1.82, 2.24) is 9.27 Å². The average molecular weight is 614 g/mol. The highest BCUT2D eigenvalue weighted by Crippen LogP contribution is 2.37. The van der Waals surface area contributed by atoms with Crippen molar-refractivity contribution in [2.75, 3.05) is 30.3 Å². The second-order valence-electron chi connectivity index (χ2n) is 10.0. The van der Waals surface area contributed by atoms with Crippen LogP contribution in [0.1, 0.15) is 15.9 Å². The number of nitrogens with two attached hydrogens (primary N) is 2. The third kappa shape index (κ3) is 5.80. The van der Waals surface area contributed by atoms with Crippen molar-refractivity contribution in [3.05, 3.63) is 102 Å². The number of sulfonamides is 1. The second kappa shape index (κ2) is 11.5. The molecule has 0 radical (unpaired) electrons. The zero-order chi connectivity index (χ0) is 30.1. The lowest BCUT2D eigenvalue weighted by molar-refractivity contribution is -0.119. The molecule has 5 aromatic rings. The number of nitrogen functional groups attached to an aromatic ring is 1. The Kier molecular flexibility index (Phi) is 7.57. The third-order valence-corrected chi connectivity index (χ3v) is 9.01. The van der Waals surface area contributed by atoms with Crippen LogP contribution in [0.3, 0.4) is 0 Å². The molecule has 0 atom stereocenters. The maximum Gasteiger partial charge on any atom is 0.254 e. The molecule has 2 amide bonds. The minimum atomic E-state index is -3.96. The van der Waals surface area contributed by atoms with Crippen LogP contribution in [-0.2, 0) is 21.4 Å². The highest BCUT2D eigenvalue weighted by atomic mass is 32.2. The SMILES string of the molecule is Nc1nsc2ccc(C(=O)N(CC(=O)N3CCOc4cc(-c5ccccc5S(N)(=O)=O)ccc43)Cc3ccccc3)cc12. The van der Waals surface area contributed by atoms with Crippen LogP contribution in [0, 0.1) is 0 Å². The normalized spacial score (nSPS) is 12.9. The van der Waals surface area contributed by atoms with E-state index in [0.717, 1.165) is 10.3 Å². The van der Waals surface area contributed by atoms with Gasteiger partial charge in [-0.1, -0.05) is 54.6 Å². The monoisotopic (exact) mass is 613 g/mol. The first-order valence-corrected chi connectivity index (χ1v) is 15.7. The molecule has 6 rings (SSSR count). The third-order valence-electron chi connectivity index (χ3n) is 7.20. The van der Waals surface area contributed by atoms with Crippen molar-refractivity contribution in [1.29, 1.82) is 0 Å². The van der Waals surface area contributed by atoms with Gasteiger partial charge in [-0.2, -0.15) is 4.37 Å². The molecule has 10 nitrogen and oxygen atoms in total. The van der Waals surface area contributed by atoms with Gasteiger partial charge in [0.1, 0.15) is 24.7 Å². The Hall–Kier alpha value is -4.78. The summed E-state index contributed by atoms with van der Waals surface area (Å²) in [6.45, 7) is 0.558. The molecule has 2 heterocycles. The first-order chi connectivity index (χ1) is 20.7.